The molecule has 174 valence electrons. The number of carboxylic acid groups (broad SMARTS) is 1. The first-order valence-electron chi connectivity index (χ1n) is 10.3. The van der Waals surface area contributed by atoms with Crippen LogP contribution in [0.25, 0.3) is 11.0 Å². The smallest absolute Gasteiger partial charge is 0.410 e. The van der Waals surface area contributed by atoms with E-state index in [9.17, 15) is 23.1 Å². The van der Waals surface area contributed by atoms with Gasteiger partial charge in [0.25, 0.3) is 0 Å². The summed E-state index contributed by atoms with van der Waals surface area (Å²) in [4.78, 5) is 29.7. The highest BCUT2D eigenvalue weighted by atomic mass is 32.2. The number of H-pyrrole nitrogens is 1. The van der Waals surface area contributed by atoms with E-state index >= 15 is 0 Å². The summed E-state index contributed by atoms with van der Waals surface area (Å²) in [5.41, 5.74) is 0.205. The summed E-state index contributed by atoms with van der Waals surface area (Å²) >= 11 is 0. The highest BCUT2D eigenvalue weighted by molar-refractivity contribution is 7.91. The lowest BCUT2D eigenvalue weighted by atomic mass is 9.92. The van der Waals surface area contributed by atoms with E-state index in [0.717, 1.165) is 5.56 Å². The van der Waals surface area contributed by atoms with Crippen LogP contribution in [0.4, 0.5) is 4.79 Å². The largest absolute Gasteiger partial charge is 0.476 e. The Morgan fingerprint density at radius 1 is 1.18 bits per heavy atom. The Hall–Kier alpha value is -3.47. The van der Waals surface area contributed by atoms with E-state index in [-0.39, 0.29) is 39.8 Å². The lowest BCUT2D eigenvalue weighted by Crippen LogP contribution is -2.50. The highest BCUT2D eigenvalue weighted by Gasteiger charge is 2.39. The molecule has 3 heterocycles. The average Bonchev–Trinajstić information content (AvgIpc) is 3.09. The van der Waals surface area contributed by atoms with Gasteiger partial charge in [-0.3, -0.25) is 5.10 Å². The fourth-order valence-corrected chi connectivity index (χ4v) is 5.42. The molecular formula is C22H24N4O6S. The molecule has 0 unspecified atom stereocenters. The molecule has 2 aromatic heterocycles. The number of aromatic carboxylic acids is 1. The molecule has 1 amide bonds. The molecule has 0 atom stereocenters. The third-order valence-corrected chi connectivity index (χ3v) is 7.21. The zero-order chi connectivity index (χ0) is 24.1. The van der Waals surface area contributed by atoms with Crippen LogP contribution in [0.3, 0.4) is 0 Å². The van der Waals surface area contributed by atoms with Crippen LogP contribution in [-0.2, 0) is 14.6 Å². The topological polar surface area (TPSA) is 143 Å². The summed E-state index contributed by atoms with van der Waals surface area (Å²) in [5, 5.41) is 15.8. The van der Waals surface area contributed by atoms with Gasteiger partial charge >= 0.3 is 12.1 Å². The van der Waals surface area contributed by atoms with Crippen LogP contribution in [0.5, 0.6) is 0 Å². The Morgan fingerprint density at radius 3 is 2.39 bits per heavy atom. The van der Waals surface area contributed by atoms with E-state index in [0.29, 0.717) is 5.56 Å². The van der Waals surface area contributed by atoms with Crippen molar-refractivity contribution in [2.75, 3.05) is 13.1 Å². The van der Waals surface area contributed by atoms with Gasteiger partial charge in [-0.15, -0.1) is 0 Å². The van der Waals surface area contributed by atoms with Crippen LogP contribution < -0.4 is 0 Å². The van der Waals surface area contributed by atoms with Crippen molar-refractivity contribution in [1.82, 2.24) is 20.1 Å². The molecule has 33 heavy (non-hydrogen) atoms. The number of aromatic amines is 1. The Labute approximate surface area is 190 Å². The zero-order valence-electron chi connectivity index (χ0n) is 18.6. The molecule has 1 aromatic carbocycles. The molecule has 0 saturated carbocycles. The first kappa shape index (κ1) is 22.7. The van der Waals surface area contributed by atoms with Crippen molar-refractivity contribution in [3.8, 4) is 0 Å². The average molecular weight is 473 g/mol. The minimum Gasteiger partial charge on any atom is -0.476 e. The van der Waals surface area contributed by atoms with Gasteiger partial charge in [-0.05, 0) is 45.4 Å². The number of benzene rings is 1. The number of carbonyl (C=O) groups is 2. The number of carbonyl (C=O) groups excluding carboxylic acids is 1. The van der Waals surface area contributed by atoms with Crippen molar-refractivity contribution >= 4 is 32.9 Å². The van der Waals surface area contributed by atoms with Crippen molar-refractivity contribution in [1.29, 1.82) is 0 Å². The second-order valence-corrected chi connectivity index (χ2v) is 10.9. The van der Waals surface area contributed by atoms with Crippen LogP contribution in [0, 0.1) is 6.92 Å². The lowest BCUT2D eigenvalue weighted by Gasteiger charge is -2.40. The number of amides is 1. The second-order valence-electron chi connectivity index (χ2n) is 9.04. The minimum absolute atomic E-state index is 0.0303. The number of ether oxygens (including phenoxy) is 1. The summed E-state index contributed by atoms with van der Waals surface area (Å²) in [6.45, 7) is 7.57. The van der Waals surface area contributed by atoms with Gasteiger partial charge in [-0.1, -0.05) is 17.7 Å². The van der Waals surface area contributed by atoms with E-state index in [1.807, 2.05) is 6.92 Å². The van der Waals surface area contributed by atoms with Gasteiger partial charge in [0.05, 0.1) is 15.2 Å². The van der Waals surface area contributed by atoms with Crippen LogP contribution >= 0.6 is 0 Å². The quantitative estimate of drug-likeness (QED) is 0.590. The van der Waals surface area contributed by atoms with Gasteiger partial charge in [0.15, 0.2) is 11.3 Å². The third kappa shape index (κ3) is 4.15. The van der Waals surface area contributed by atoms with Gasteiger partial charge in [0.2, 0.25) is 9.84 Å². The van der Waals surface area contributed by atoms with Crippen LogP contribution in [0.1, 0.15) is 48.3 Å². The van der Waals surface area contributed by atoms with E-state index in [2.05, 4.69) is 15.2 Å². The molecule has 10 nitrogen and oxygen atoms in total. The van der Waals surface area contributed by atoms with Crippen molar-refractivity contribution in [3.05, 3.63) is 47.3 Å². The number of likely N-dealkylation sites (tertiary alicyclic amines) is 1. The summed E-state index contributed by atoms with van der Waals surface area (Å²) in [7, 11) is -4.12. The normalized spacial score (nSPS) is 14.8. The van der Waals surface area contributed by atoms with Crippen molar-refractivity contribution < 1.29 is 27.9 Å². The van der Waals surface area contributed by atoms with Gasteiger partial charge in [-0.25, -0.2) is 23.0 Å². The molecule has 3 aromatic rings. The molecule has 1 aliphatic heterocycles. The zero-order valence-corrected chi connectivity index (χ0v) is 19.4. The van der Waals surface area contributed by atoms with Crippen LogP contribution in [0.2, 0.25) is 0 Å². The van der Waals surface area contributed by atoms with Gasteiger partial charge in [0, 0.05) is 25.2 Å². The van der Waals surface area contributed by atoms with E-state index in [4.69, 9.17) is 4.74 Å². The van der Waals surface area contributed by atoms with Gasteiger partial charge in [0.1, 0.15) is 5.60 Å². The molecule has 1 saturated heterocycles. The fourth-order valence-electron chi connectivity index (χ4n) is 3.70. The molecule has 0 spiro atoms. The number of nitrogens with one attached hydrogen (secondary N) is 1. The first-order chi connectivity index (χ1) is 15.4. The number of carboxylic acids is 1. The number of pyridine rings is 1. The standard InChI is InChI=1S/C22H24N4O6S/c1-12-5-7-14(8-6-12)33(30,31)18-15(9-23-19-16(18)17(20(27)28)24-25-19)13-10-26(11-13)21(29)32-22(2,3)4/h5-9,13H,10-11H2,1-4H3,(H,27,28)(H,23,24,25). The first-order valence-corrected chi connectivity index (χ1v) is 11.8. The SMILES string of the molecule is Cc1ccc(S(=O)(=O)c2c(C3CN(C(=O)OC(C)(C)C)C3)cnc3[nH]nc(C(=O)O)c23)cc1. The predicted molar refractivity (Wildman–Crippen MR) is 118 cm³/mol. The Kier molecular flexibility index (Phi) is 5.39. The minimum atomic E-state index is -4.12. The summed E-state index contributed by atoms with van der Waals surface area (Å²) in [6, 6.07) is 6.31. The van der Waals surface area contributed by atoms with Crippen molar-refractivity contribution in [2.24, 2.45) is 0 Å². The van der Waals surface area contributed by atoms with Crippen LogP contribution in [-0.4, -0.2) is 64.4 Å². The van der Waals surface area contributed by atoms with Gasteiger partial charge < -0.3 is 14.7 Å². The number of aromatic nitrogens is 3. The maximum atomic E-state index is 13.7. The van der Waals surface area contributed by atoms with Crippen molar-refractivity contribution in [2.45, 2.75) is 49.0 Å². The molecule has 0 aliphatic carbocycles. The lowest BCUT2D eigenvalue weighted by molar-refractivity contribution is 0.00797. The Morgan fingerprint density at radius 2 is 1.82 bits per heavy atom. The Bertz CT molecular complexity index is 1350. The van der Waals surface area contributed by atoms with Crippen LogP contribution in [0.15, 0.2) is 40.3 Å². The fraction of sp³-hybridized carbons (Fsp3) is 0.364. The molecular weight excluding hydrogens is 448 g/mol. The molecule has 1 fully saturated rings. The van der Waals surface area contributed by atoms with E-state index < -0.39 is 33.2 Å². The maximum Gasteiger partial charge on any atom is 0.410 e. The number of fused-ring (bicyclic) bond motifs is 1. The number of rotatable bonds is 4. The number of sulfone groups is 1. The molecule has 4 rings (SSSR count). The molecule has 1 aliphatic rings. The molecule has 0 radical (unpaired) electrons. The second kappa shape index (κ2) is 7.84. The number of hydrogen-bond donors (Lipinski definition) is 2. The van der Waals surface area contributed by atoms with Gasteiger partial charge in [-0.2, -0.15) is 5.10 Å². The number of hydrogen-bond acceptors (Lipinski definition) is 7. The summed E-state index contributed by atoms with van der Waals surface area (Å²) < 4.78 is 32.8. The molecule has 0 bridgehead atoms. The molecule has 2 N–H and O–H groups in total. The molecule has 11 heteroatoms. The maximum absolute atomic E-state index is 13.7. The monoisotopic (exact) mass is 472 g/mol. The highest BCUT2D eigenvalue weighted by Crippen LogP contribution is 2.39. The van der Waals surface area contributed by atoms with Crippen molar-refractivity contribution in [3.63, 3.8) is 0 Å². The Balaban J connectivity index is 1.82. The van der Waals surface area contributed by atoms with E-state index in [1.165, 1.54) is 23.2 Å². The van der Waals surface area contributed by atoms with E-state index in [1.54, 1.807) is 32.9 Å². The predicted octanol–water partition coefficient (Wildman–Crippen LogP) is 3.13. The number of nitrogens with zero attached hydrogens (tertiary/aromatic N) is 3. The summed E-state index contributed by atoms with van der Waals surface area (Å²) in [5.74, 6) is -1.73. The number of aryl methyl sites for hydroxylation is 1. The third-order valence-electron chi connectivity index (χ3n) is 5.34. The summed E-state index contributed by atoms with van der Waals surface area (Å²) in [6.07, 6.45) is 0.912.